The molecular weight excluding hydrogens is 197 g/mol. The summed E-state index contributed by atoms with van der Waals surface area (Å²) in [6, 6.07) is 6.89. The van der Waals surface area contributed by atoms with E-state index >= 15 is 0 Å². The van der Waals surface area contributed by atoms with E-state index in [1.165, 1.54) is 25.3 Å². The van der Waals surface area contributed by atoms with Crippen LogP contribution in [-0.2, 0) is 0 Å². The largest absolute Gasteiger partial charge is 0.493 e. The maximum atomic E-state index is 11.8. The van der Waals surface area contributed by atoms with Crippen molar-refractivity contribution in [3.63, 3.8) is 0 Å². The fourth-order valence-electron chi connectivity index (χ4n) is 0.839. The van der Waals surface area contributed by atoms with Gasteiger partial charge >= 0.3 is 6.18 Å². The van der Waals surface area contributed by atoms with Crippen LogP contribution in [0, 0.1) is 6.07 Å². The number of alkyl halides is 3. The van der Waals surface area contributed by atoms with Crippen molar-refractivity contribution in [2.24, 2.45) is 0 Å². The fourth-order valence-corrected chi connectivity index (χ4v) is 0.839. The highest BCUT2D eigenvalue weighted by Crippen LogP contribution is 2.27. The van der Waals surface area contributed by atoms with E-state index in [1.54, 1.807) is 0 Å². The molecule has 1 radical (unpaired) electrons. The van der Waals surface area contributed by atoms with Crippen molar-refractivity contribution in [3.05, 3.63) is 24.3 Å². The summed E-state index contributed by atoms with van der Waals surface area (Å²) in [4.78, 5) is 0. The second-order valence-electron chi connectivity index (χ2n) is 2.48. The molecule has 0 saturated carbocycles. The Balaban J connectivity index is 2.67. The third-order valence-corrected chi connectivity index (χ3v) is 1.40. The summed E-state index contributed by atoms with van der Waals surface area (Å²) in [6.45, 7) is -1.33. The van der Waals surface area contributed by atoms with Crippen LogP contribution in [0.5, 0.6) is 11.5 Å². The van der Waals surface area contributed by atoms with Gasteiger partial charge in [-0.1, -0.05) is 6.07 Å². The van der Waals surface area contributed by atoms with E-state index in [4.69, 9.17) is 4.74 Å². The van der Waals surface area contributed by atoms with Crippen LogP contribution in [0.25, 0.3) is 0 Å². The molecule has 1 rings (SSSR count). The quantitative estimate of drug-likeness (QED) is 0.754. The SMILES string of the molecule is COc1c[c]ccc1OCC(F)(F)F. The van der Waals surface area contributed by atoms with Crippen LogP contribution in [-0.4, -0.2) is 19.9 Å². The molecule has 0 aliphatic carbocycles. The zero-order valence-corrected chi connectivity index (χ0v) is 7.39. The molecule has 0 N–H and O–H groups in total. The summed E-state index contributed by atoms with van der Waals surface area (Å²) in [7, 11) is 1.35. The van der Waals surface area contributed by atoms with Crippen LogP contribution in [0.3, 0.4) is 0 Å². The molecule has 14 heavy (non-hydrogen) atoms. The molecule has 0 bridgehead atoms. The number of benzene rings is 1. The van der Waals surface area contributed by atoms with Gasteiger partial charge < -0.3 is 9.47 Å². The average molecular weight is 205 g/mol. The van der Waals surface area contributed by atoms with Crippen LogP contribution in [0.4, 0.5) is 13.2 Å². The molecule has 0 aliphatic rings. The number of ether oxygens (including phenoxy) is 2. The maximum Gasteiger partial charge on any atom is 0.422 e. The topological polar surface area (TPSA) is 18.5 Å². The molecule has 0 spiro atoms. The van der Waals surface area contributed by atoms with E-state index in [1.807, 2.05) is 0 Å². The third kappa shape index (κ3) is 3.16. The Morgan fingerprint density at radius 2 is 2.07 bits per heavy atom. The molecule has 5 heteroatoms. The van der Waals surface area contributed by atoms with Crippen molar-refractivity contribution in [2.75, 3.05) is 13.7 Å². The van der Waals surface area contributed by atoms with Gasteiger partial charge in [-0.05, 0) is 18.2 Å². The predicted molar refractivity (Wildman–Crippen MR) is 43.4 cm³/mol. The van der Waals surface area contributed by atoms with Gasteiger partial charge in [0.05, 0.1) is 7.11 Å². The summed E-state index contributed by atoms with van der Waals surface area (Å²) in [5, 5.41) is 0. The van der Waals surface area contributed by atoms with Crippen LogP contribution in [0.2, 0.25) is 0 Å². The molecule has 0 amide bonds. The second-order valence-corrected chi connectivity index (χ2v) is 2.48. The van der Waals surface area contributed by atoms with E-state index in [0.717, 1.165) is 0 Å². The van der Waals surface area contributed by atoms with Gasteiger partial charge in [0.25, 0.3) is 0 Å². The molecule has 0 unspecified atom stereocenters. The lowest BCUT2D eigenvalue weighted by atomic mass is 10.3. The molecule has 0 heterocycles. The van der Waals surface area contributed by atoms with E-state index in [0.29, 0.717) is 0 Å². The van der Waals surface area contributed by atoms with Crippen LogP contribution < -0.4 is 9.47 Å². The molecular formula is C9H8F3O2. The lowest BCUT2D eigenvalue weighted by Crippen LogP contribution is -2.19. The van der Waals surface area contributed by atoms with Crippen LogP contribution in [0.15, 0.2) is 18.2 Å². The number of methoxy groups -OCH3 is 1. The van der Waals surface area contributed by atoms with E-state index < -0.39 is 12.8 Å². The minimum absolute atomic E-state index is 0.0589. The first-order valence-electron chi connectivity index (χ1n) is 3.76. The minimum Gasteiger partial charge on any atom is -0.493 e. The number of halogens is 3. The molecule has 1 aromatic rings. The van der Waals surface area contributed by atoms with Crippen molar-refractivity contribution in [3.8, 4) is 11.5 Å². The van der Waals surface area contributed by atoms with Crippen molar-refractivity contribution in [1.29, 1.82) is 0 Å². The van der Waals surface area contributed by atoms with Gasteiger partial charge in [0.15, 0.2) is 18.1 Å². The van der Waals surface area contributed by atoms with Gasteiger partial charge in [-0.2, -0.15) is 13.2 Å². The molecule has 77 valence electrons. The van der Waals surface area contributed by atoms with Crippen LogP contribution >= 0.6 is 0 Å². The van der Waals surface area contributed by atoms with Gasteiger partial charge in [-0.3, -0.25) is 0 Å². The maximum absolute atomic E-state index is 11.8. The van der Waals surface area contributed by atoms with Gasteiger partial charge in [0.2, 0.25) is 0 Å². The van der Waals surface area contributed by atoms with Gasteiger partial charge in [-0.25, -0.2) is 0 Å². The Morgan fingerprint density at radius 1 is 1.36 bits per heavy atom. The summed E-state index contributed by atoms with van der Waals surface area (Å²) >= 11 is 0. The van der Waals surface area contributed by atoms with E-state index in [2.05, 4.69) is 10.8 Å². The van der Waals surface area contributed by atoms with Crippen molar-refractivity contribution < 1.29 is 22.6 Å². The standard InChI is InChI=1S/C9H8F3O2/c1-13-7-4-2-3-5-8(7)14-6-9(10,11)12/h3-5H,6H2,1H3. The molecule has 0 atom stereocenters. The highest BCUT2D eigenvalue weighted by atomic mass is 19.4. The van der Waals surface area contributed by atoms with Gasteiger partial charge in [0.1, 0.15) is 0 Å². The van der Waals surface area contributed by atoms with Crippen molar-refractivity contribution in [1.82, 2.24) is 0 Å². The molecule has 0 fully saturated rings. The first-order valence-corrected chi connectivity index (χ1v) is 3.76. The van der Waals surface area contributed by atoms with E-state index in [-0.39, 0.29) is 11.5 Å². The molecule has 0 aliphatic heterocycles. The third-order valence-electron chi connectivity index (χ3n) is 1.40. The Labute approximate surface area is 79.2 Å². The summed E-state index contributed by atoms with van der Waals surface area (Å²) in [6.07, 6.45) is -4.34. The normalized spacial score (nSPS) is 11.1. The summed E-state index contributed by atoms with van der Waals surface area (Å²) < 4.78 is 44.7. The Kier molecular flexibility index (Phi) is 3.22. The fraction of sp³-hybridized carbons (Fsp3) is 0.333. The van der Waals surface area contributed by atoms with E-state index in [9.17, 15) is 13.2 Å². The highest BCUT2D eigenvalue weighted by molar-refractivity contribution is 5.38. The zero-order valence-electron chi connectivity index (χ0n) is 7.39. The van der Waals surface area contributed by atoms with Crippen molar-refractivity contribution in [2.45, 2.75) is 6.18 Å². The summed E-state index contributed by atoms with van der Waals surface area (Å²) in [5.74, 6) is 0.292. The molecule has 2 nitrogen and oxygen atoms in total. The smallest absolute Gasteiger partial charge is 0.422 e. The lowest BCUT2D eigenvalue weighted by molar-refractivity contribution is -0.153. The molecule has 0 aromatic heterocycles. The highest BCUT2D eigenvalue weighted by Gasteiger charge is 2.28. The second kappa shape index (κ2) is 4.21. The zero-order chi connectivity index (χ0) is 10.6. The number of hydrogen-bond acceptors (Lipinski definition) is 2. The minimum atomic E-state index is -4.34. The Hall–Kier alpha value is -1.39. The Morgan fingerprint density at radius 3 is 2.64 bits per heavy atom. The number of rotatable bonds is 3. The average Bonchev–Trinajstić information content (AvgIpc) is 2.14. The summed E-state index contributed by atoms with van der Waals surface area (Å²) in [5.41, 5.74) is 0. The lowest BCUT2D eigenvalue weighted by Gasteiger charge is -2.11. The first-order chi connectivity index (χ1) is 6.53. The monoisotopic (exact) mass is 205 g/mol. The predicted octanol–water partition coefficient (Wildman–Crippen LogP) is 2.44. The number of hydrogen-bond donors (Lipinski definition) is 0. The Bertz CT molecular complexity index is 296. The van der Waals surface area contributed by atoms with Crippen LogP contribution in [0.1, 0.15) is 0 Å². The first kappa shape index (κ1) is 10.7. The molecule has 1 aromatic carbocycles. The van der Waals surface area contributed by atoms with Crippen molar-refractivity contribution >= 4 is 0 Å². The van der Waals surface area contributed by atoms with Gasteiger partial charge in [-0.15, -0.1) is 0 Å². The molecule has 0 saturated heterocycles. The van der Waals surface area contributed by atoms with Gasteiger partial charge in [0, 0.05) is 0 Å².